The maximum absolute atomic E-state index is 11.9. The second-order valence-corrected chi connectivity index (χ2v) is 4.70. The zero-order chi connectivity index (χ0) is 12.5. The Morgan fingerprint density at radius 1 is 1.53 bits per heavy atom. The van der Waals surface area contributed by atoms with Crippen LogP contribution in [0.2, 0.25) is 0 Å². The van der Waals surface area contributed by atoms with Crippen LogP contribution in [0.5, 0.6) is 6.01 Å². The second-order valence-electron chi connectivity index (χ2n) is 3.07. The fourth-order valence-corrected chi connectivity index (χ4v) is 2.27. The number of H-pyrrole nitrogens is 1. The molecule has 2 N–H and O–H groups in total. The maximum atomic E-state index is 11.9. The molecule has 2 rings (SSSR count). The molecule has 0 fully saturated rings. The highest BCUT2D eigenvalue weighted by Gasteiger charge is 2.19. The minimum atomic E-state index is -3.73. The van der Waals surface area contributed by atoms with E-state index in [0.717, 1.165) is 0 Å². The molecule has 2 aromatic rings. The van der Waals surface area contributed by atoms with Gasteiger partial charge in [0.05, 0.1) is 13.3 Å². The number of hydrogen-bond acceptors (Lipinski definition) is 6. The number of rotatable bonds is 4. The molecule has 17 heavy (non-hydrogen) atoms. The van der Waals surface area contributed by atoms with Crippen molar-refractivity contribution in [1.29, 1.82) is 0 Å². The van der Waals surface area contributed by atoms with Crippen LogP contribution < -0.4 is 9.46 Å². The topological polar surface area (TPSA) is 115 Å². The van der Waals surface area contributed by atoms with Gasteiger partial charge in [-0.3, -0.25) is 4.68 Å². The third-order valence-electron chi connectivity index (χ3n) is 1.93. The molecule has 9 nitrogen and oxygen atoms in total. The van der Waals surface area contributed by atoms with Gasteiger partial charge >= 0.3 is 6.01 Å². The molecule has 0 amide bonds. The molecule has 0 aliphatic heterocycles. The van der Waals surface area contributed by atoms with Gasteiger partial charge in [0.2, 0.25) is 5.95 Å². The normalized spacial score (nSPS) is 11.4. The fraction of sp³-hybridized carbons (Fsp3) is 0.286. The van der Waals surface area contributed by atoms with Gasteiger partial charge in [0, 0.05) is 7.05 Å². The van der Waals surface area contributed by atoms with Crippen LogP contribution in [0, 0.1) is 0 Å². The van der Waals surface area contributed by atoms with Crippen LogP contribution in [0.1, 0.15) is 0 Å². The fourth-order valence-electron chi connectivity index (χ4n) is 1.19. The smallest absolute Gasteiger partial charge is 0.336 e. The number of aromatic amines is 1. The summed E-state index contributed by atoms with van der Waals surface area (Å²) in [5.41, 5.74) is 0. The van der Waals surface area contributed by atoms with Crippen molar-refractivity contribution < 1.29 is 13.2 Å². The first-order chi connectivity index (χ1) is 8.03. The van der Waals surface area contributed by atoms with Crippen LogP contribution in [-0.4, -0.2) is 40.5 Å². The molecule has 0 aliphatic carbocycles. The summed E-state index contributed by atoms with van der Waals surface area (Å²) in [6.07, 6.45) is 1.38. The average Bonchev–Trinajstić information content (AvgIpc) is 2.86. The third kappa shape index (κ3) is 2.20. The van der Waals surface area contributed by atoms with Crippen molar-refractivity contribution in [2.75, 3.05) is 11.8 Å². The van der Waals surface area contributed by atoms with E-state index in [1.165, 1.54) is 31.1 Å². The van der Waals surface area contributed by atoms with Crippen LogP contribution >= 0.6 is 0 Å². The molecule has 0 radical (unpaired) electrons. The van der Waals surface area contributed by atoms with Crippen LogP contribution in [-0.2, 0) is 17.1 Å². The molecule has 10 heteroatoms. The molecule has 0 atom stereocenters. The first kappa shape index (κ1) is 11.4. The maximum Gasteiger partial charge on any atom is 0.336 e. The molecular weight excluding hydrogens is 248 g/mol. The van der Waals surface area contributed by atoms with E-state index in [2.05, 4.69) is 25.0 Å². The van der Waals surface area contributed by atoms with Crippen molar-refractivity contribution in [2.24, 2.45) is 7.05 Å². The van der Waals surface area contributed by atoms with E-state index in [9.17, 15) is 8.42 Å². The Balaban J connectivity index is 2.26. The lowest BCUT2D eigenvalue weighted by Crippen LogP contribution is -2.17. The van der Waals surface area contributed by atoms with Crippen LogP contribution in [0.3, 0.4) is 0 Å². The quantitative estimate of drug-likeness (QED) is 0.752. The molecule has 2 heterocycles. The molecule has 0 bridgehead atoms. The zero-order valence-corrected chi connectivity index (χ0v) is 9.89. The van der Waals surface area contributed by atoms with Gasteiger partial charge < -0.3 is 4.74 Å². The number of hydrogen-bond donors (Lipinski definition) is 2. The number of nitrogens with one attached hydrogen (secondary N) is 2. The van der Waals surface area contributed by atoms with Crippen molar-refractivity contribution in [3.8, 4) is 6.01 Å². The van der Waals surface area contributed by atoms with E-state index in [1.807, 2.05) is 0 Å². The number of nitrogens with zero attached hydrogens (tertiary/aromatic N) is 4. The molecule has 0 aliphatic rings. The molecule has 92 valence electrons. The van der Waals surface area contributed by atoms with Crippen LogP contribution in [0.15, 0.2) is 17.3 Å². The minimum absolute atomic E-state index is 0.0212. The lowest BCUT2D eigenvalue weighted by atomic mass is 10.7. The van der Waals surface area contributed by atoms with Gasteiger partial charge in [0.1, 0.15) is 0 Å². The number of sulfonamides is 1. The lowest BCUT2D eigenvalue weighted by molar-refractivity contribution is 0.382. The highest BCUT2D eigenvalue weighted by Crippen LogP contribution is 2.12. The van der Waals surface area contributed by atoms with E-state index in [-0.39, 0.29) is 17.0 Å². The SMILES string of the molecule is COc1n[nH]c(NS(=O)(=O)c2ccnn2C)n1. The van der Waals surface area contributed by atoms with Crippen molar-refractivity contribution >= 4 is 16.0 Å². The van der Waals surface area contributed by atoms with Crippen molar-refractivity contribution in [3.05, 3.63) is 12.3 Å². The van der Waals surface area contributed by atoms with Crippen molar-refractivity contribution in [3.63, 3.8) is 0 Å². The van der Waals surface area contributed by atoms with Gasteiger partial charge in [0.15, 0.2) is 5.03 Å². The standard InChI is InChI=1S/C7H10N6O3S/c1-13-5(3-4-8-13)17(14,15)12-6-9-7(16-2)11-10-6/h3-4H,1-2H3,(H2,9,10,11,12). The highest BCUT2D eigenvalue weighted by atomic mass is 32.2. The Morgan fingerprint density at radius 2 is 2.29 bits per heavy atom. The molecule has 0 unspecified atom stereocenters. The summed E-state index contributed by atoms with van der Waals surface area (Å²) in [4.78, 5) is 3.74. The van der Waals surface area contributed by atoms with Crippen molar-refractivity contribution in [1.82, 2.24) is 25.0 Å². The first-order valence-corrected chi connectivity index (χ1v) is 5.98. The van der Waals surface area contributed by atoms with Gasteiger partial charge in [-0.15, -0.1) is 5.10 Å². The predicted molar refractivity (Wildman–Crippen MR) is 57.0 cm³/mol. The summed E-state index contributed by atoms with van der Waals surface area (Å²) in [7, 11) is -0.834. The van der Waals surface area contributed by atoms with E-state index < -0.39 is 10.0 Å². The number of methoxy groups -OCH3 is 1. The average molecular weight is 258 g/mol. The molecule has 0 saturated carbocycles. The number of ether oxygens (including phenoxy) is 1. The monoisotopic (exact) mass is 258 g/mol. The summed E-state index contributed by atoms with van der Waals surface area (Å²) in [5.74, 6) is -0.0250. The summed E-state index contributed by atoms with van der Waals surface area (Å²) in [6.45, 7) is 0. The van der Waals surface area contributed by atoms with E-state index in [4.69, 9.17) is 4.74 Å². The highest BCUT2D eigenvalue weighted by molar-refractivity contribution is 7.92. The van der Waals surface area contributed by atoms with E-state index in [1.54, 1.807) is 0 Å². The van der Waals surface area contributed by atoms with Gasteiger partial charge in [-0.1, -0.05) is 0 Å². The lowest BCUT2D eigenvalue weighted by Gasteiger charge is -2.04. The molecule has 2 aromatic heterocycles. The predicted octanol–water partition coefficient (Wildman–Crippen LogP) is -0.652. The molecular formula is C7H10N6O3S. The van der Waals surface area contributed by atoms with Gasteiger partial charge in [-0.25, -0.2) is 9.82 Å². The second kappa shape index (κ2) is 4.05. The Morgan fingerprint density at radius 3 is 2.82 bits per heavy atom. The van der Waals surface area contributed by atoms with Crippen LogP contribution in [0.25, 0.3) is 0 Å². The van der Waals surface area contributed by atoms with Gasteiger partial charge in [-0.05, 0) is 6.07 Å². The van der Waals surface area contributed by atoms with Crippen molar-refractivity contribution in [2.45, 2.75) is 5.03 Å². The van der Waals surface area contributed by atoms with Gasteiger partial charge in [0.25, 0.3) is 10.0 Å². The molecule has 0 aromatic carbocycles. The number of aryl methyl sites for hydroxylation is 1. The third-order valence-corrected chi connectivity index (χ3v) is 3.34. The van der Waals surface area contributed by atoms with E-state index >= 15 is 0 Å². The minimum Gasteiger partial charge on any atom is -0.466 e. The largest absolute Gasteiger partial charge is 0.466 e. The molecule has 0 spiro atoms. The Kier molecular flexibility index (Phi) is 2.71. The molecule has 0 saturated heterocycles. The summed E-state index contributed by atoms with van der Waals surface area (Å²) >= 11 is 0. The van der Waals surface area contributed by atoms with Crippen LogP contribution in [0.4, 0.5) is 5.95 Å². The summed E-state index contributed by atoms with van der Waals surface area (Å²) in [6, 6.07) is 1.42. The van der Waals surface area contributed by atoms with Gasteiger partial charge in [-0.2, -0.15) is 18.5 Å². The Labute approximate surface area is 96.9 Å². The zero-order valence-electron chi connectivity index (χ0n) is 9.08. The summed E-state index contributed by atoms with van der Waals surface area (Å²) < 4.78 is 31.9. The number of anilines is 1. The first-order valence-electron chi connectivity index (χ1n) is 4.50. The van der Waals surface area contributed by atoms with E-state index in [0.29, 0.717) is 0 Å². The summed E-state index contributed by atoms with van der Waals surface area (Å²) in [5, 5.41) is 9.80. The Hall–Kier alpha value is -2.10. The Bertz CT molecular complexity index is 615. The number of aromatic nitrogens is 5.